The van der Waals surface area contributed by atoms with Crippen molar-refractivity contribution in [1.82, 2.24) is 15.2 Å². The largest absolute Gasteiger partial charge is 0.496 e. The maximum absolute atomic E-state index is 15.7. The number of nitrogens with zero attached hydrogens (tertiary/aromatic N) is 4. The Hall–Kier alpha value is -4.37. The number of methoxy groups -OCH3 is 1. The molecule has 8 nitrogen and oxygen atoms in total. The summed E-state index contributed by atoms with van der Waals surface area (Å²) in [5.74, 6) is -0.149. The fraction of sp³-hybridized carbons (Fsp3) is 0.387. The molecule has 2 fully saturated rings. The Morgan fingerprint density at radius 2 is 1.88 bits per heavy atom. The molecule has 1 N–H and O–H groups in total. The number of hydrogen-bond donors (Lipinski definition) is 1. The highest BCUT2D eigenvalue weighted by atomic mass is 19.4. The molecule has 2 aromatic carbocycles. The second-order valence-electron chi connectivity index (χ2n) is 10.9. The van der Waals surface area contributed by atoms with Gasteiger partial charge in [-0.1, -0.05) is 12.1 Å². The van der Waals surface area contributed by atoms with Gasteiger partial charge in [-0.05, 0) is 68.3 Å². The Labute approximate surface area is 246 Å². The fourth-order valence-electron chi connectivity index (χ4n) is 5.80. The topological polar surface area (TPSA) is 90.7 Å². The van der Waals surface area contributed by atoms with E-state index in [0.717, 1.165) is 18.7 Å². The Kier molecular flexibility index (Phi) is 8.46. The van der Waals surface area contributed by atoms with Crippen LogP contribution >= 0.6 is 0 Å². The van der Waals surface area contributed by atoms with E-state index in [4.69, 9.17) is 9.47 Å². The number of amides is 1. The first-order chi connectivity index (χ1) is 20.5. The normalized spacial score (nSPS) is 18.6. The van der Waals surface area contributed by atoms with Crippen LogP contribution in [0.15, 0.2) is 54.7 Å². The van der Waals surface area contributed by atoms with Crippen molar-refractivity contribution < 1.29 is 31.8 Å². The number of aromatic nitrogens is 1. The lowest BCUT2D eigenvalue weighted by Gasteiger charge is -2.43. The van der Waals surface area contributed by atoms with Gasteiger partial charge < -0.3 is 24.6 Å². The number of piperidine rings is 1. The minimum Gasteiger partial charge on any atom is -0.496 e. The molecule has 43 heavy (non-hydrogen) atoms. The minimum atomic E-state index is -4.58. The van der Waals surface area contributed by atoms with Crippen LogP contribution in [0.4, 0.5) is 28.0 Å². The molecule has 0 radical (unpaired) electrons. The average Bonchev–Trinajstić information content (AvgIpc) is 3.40. The smallest absolute Gasteiger partial charge is 0.416 e. The number of nitriles is 1. The summed E-state index contributed by atoms with van der Waals surface area (Å²) in [6.45, 7) is 1.93. The number of carbonyl (C=O) groups excluding carboxylic acids is 1. The van der Waals surface area contributed by atoms with E-state index in [-0.39, 0.29) is 43.3 Å². The summed E-state index contributed by atoms with van der Waals surface area (Å²) in [6, 6.07) is 13.2. The molecule has 2 aliphatic heterocycles. The van der Waals surface area contributed by atoms with Crippen molar-refractivity contribution in [3.63, 3.8) is 0 Å². The second kappa shape index (κ2) is 12.1. The number of likely N-dealkylation sites (N-methyl/N-ethyl adjacent to an activating group) is 1. The van der Waals surface area contributed by atoms with Crippen molar-refractivity contribution >= 4 is 11.8 Å². The Bertz CT molecular complexity index is 1530. The summed E-state index contributed by atoms with van der Waals surface area (Å²) < 4.78 is 66.5. The van der Waals surface area contributed by atoms with Crippen LogP contribution in [0, 0.1) is 17.1 Å². The number of hydrogen-bond acceptors (Lipinski definition) is 7. The summed E-state index contributed by atoms with van der Waals surface area (Å²) in [6.07, 6.45) is -2.78. The van der Waals surface area contributed by atoms with Crippen LogP contribution < -0.4 is 15.0 Å². The number of carbonyl (C=O) groups is 1. The zero-order valence-corrected chi connectivity index (χ0v) is 23.7. The highest BCUT2D eigenvalue weighted by molar-refractivity contribution is 5.70. The molecular formula is C31H31F4N5O3. The molecule has 0 spiro atoms. The highest BCUT2D eigenvalue weighted by Gasteiger charge is 2.41. The number of alkyl halides is 3. The number of pyridine rings is 1. The van der Waals surface area contributed by atoms with Gasteiger partial charge in [-0.2, -0.15) is 18.4 Å². The zero-order chi connectivity index (χ0) is 30.8. The first-order valence-electron chi connectivity index (χ1n) is 13.9. The molecule has 5 rings (SSSR count). The zero-order valence-electron chi connectivity index (χ0n) is 23.7. The van der Waals surface area contributed by atoms with Gasteiger partial charge in [-0.15, -0.1) is 0 Å². The maximum Gasteiger partial charge on any atom is 0.416 e. The van der Waals surface area contributed by atoms with Gasteiger partial charge in [0, 0.05) is 37.9 Å². The molecular weight excluding hydrogens is 566 g/mol. The molecule has 226 valence electrons. The van der Waals surface area contributed by atoms with Gasteiger partial charge in [0.05, 0.1) is 29.5 Å². The number of rotatable bonds is 6. The third kappa shape index (κ3) is 6.37. The summed E-state index contributed by atoms with van der Waals surface area (Å²) in [7, 11) is 3.42. The van der Waals surface area contributed by atoms with E-state index in [1.807, 2.05) is 13.1 Å². The van der Waals surface area contributed by atoms with Gasteiger partial charge in [-0.25, -0.2) is 9.18 Å². The van der Waals surface area contributed by atoms with E-state index in [0.29, 0.717) is 35.5 Å². The predicted octanol–water partition coefficient (Wildman–Crippen LogP) is 5.71. The third-order valence-electron chi connectivity index (χ3n) is 8.12. The van der Waals surface area contributed by atoms with E-state index in [2.05, 4.69) is 15.2 Å². The molecule has 12 heteroatoms. The molecule has 1 amide bonds. The molecule has 2 saturated heterocycles. The number of nitrogens with one attached hydrogen (secondary N) is 1. The number of halogens is 4. The Balaban J connectivity index is 1.44. The van der Waals surface area contributed by atoms with Crippen molar-refractivity contribution in [3.05, 3.63) is 77.2 Å². The lowest BCUT2D eigenvalue weighted by Crippen LogP contribution is -2.54. The van der Waals surface area contributed by atoms with Gasteiger partial charge in [0.25, 0.3) is 0 Å². The van der Waals surface area contributed by atoms with E-state index in [9.17, 15) is 23.2 Å². The molecule has 0 bridgehead atoms. The minimum absolute atomic E-state index is 0.0915. The van der Waals surface area contributed by atoms with Gasteiger partial charge in [0.2, 0.25) is 0 Å². The quantitative estimate of drug-likeness (QED) is 0.364. The standard InChI is InChI=1S/C31H31F4N5O3/c1-39-12-9-23(19-39)43-29(41)38-30(22-16-25(32)28(37-18-22)24-5-3-4-6-27(24)42-2)10-13-40(14-11-30)26-8-7-21(31(33,34)35)15-20(26)17-36/h3-8,15-16,18,23H,9-14,19H2,1-2H3,(H,38,41)/t23-/m0/s1. The number of likely N-dealkylation sites (tertiary alicyclic amines) is 1. The molecule has 0 saturated carbocycles. The fourth-order valence-corrected chi connectivity index (χ4v) is 5.80. The van der Waals surface area contributed by atoms with E-state index >= 15 is 4.39 Å². The molecule has 1 atom stereocenters. The van der Waals surface area contributed by atoms with Gasteiger partial charge in [-0.3, -0.25) is 4.98 Å². The van der Waals surface area contributed by atoms with Crippen molar-refractivity contribution in [1.29, 1.82) is 5.26 Å². The van der Waals surface area contributed by atoms with Crippen molar-refractivity contribution in [2.24, 2.45) is 0 Å². The van der Waals surface area contributed by atoms with Crippen LogP contribution in [-0.4, -0.2) is 62.4 Å². The molecule has 2 aliphatic rings. The SMILES string of the molecule is COc1ccccc1-c1ncc(C2(NC(=O)O[C@H]3CCN(C)C3)CCN(c3ccc(C(F)(F)F)cc3C#N)CC2)cc1F. The van der Waals surface area contributed by atoms with Crippen LogP contribution in [0.3, 0.4) is 0 Å². The van der Waals surface area contributed by atoms with E-state index < -0.39 is 29.2 Å². The van der Waals surface area contributed by atoms with Crippen LogP contribution in [0.2, 0.25) is 0 Å². The molecule has 0 aliphatic carbocycles. The monoisotopic (exact) mass is 597 g/mol. The number of ether oxygens (including phenoxy) is 2. The summed E-state index contributed by atoms with van der Waals surface area (Å²) in [5, 5.41) is 12.6. The van der Waals surface area contributed by atoms with Gasteiger partial charge >= 0.3 is 12.3 Å². The van der Waals surface area contributed by atoms with E-state index in [1.54, 1.807) is 29.2 Å². The Morgan fingerprint density at radius 1 is 1.14 bits per heavy atom. The molecule has 1 aromatic heterocycles. The predicted molar refractivity (Wildman–Crippen MR) is 151 cm³/mol. The molecule has 3 heterocycles. The number of anilines is 1. The second-order valence-corrected chi connectivity index (χ2v) is 10.9. The first kappa shape index (κ1) is 30.1. The van der Waals surface area contributed by atoms with Crippen LogP contribution in [0.1, 0.15) is 36.0 Å². The van der Waals surface area contributed by atoms with Crippen LogP contribution in [0.25, 0.3) is 11.3 Å². The van der Waals surface area contributed by atoms with E-state index in [1.165, 1.54) is 25.4 Å². The lowest BCUT2D eigenvalue weighted by molar-refractivity contribution is -0.137. The van der Waals surface area contributed by atoms with Gasteiger partial charge in [0.1, 0.15) is 29.4 Å². The number of benzene rings is 2. The van der Waals surface area contributed by atoms with Crippen molar-refractivity contribution in [2.75, 3.05) is 45.2 Å². The summed E-state index contributed by atoms with van der Waals surface area (Å²) in [4.78, 5) is 21.4. The third-order valence-corrected chi connectivity index (χ3v) is 8.12. The Morgan fingerprint density at radius 3 is 2.51 bits per heavy atom. The first-order valence-corrected chi connectivity index (χ1v) is 13.9. The van der Waals surface area contributed by atoms with Gasteiger partial charge in [0.15, 0.2) is 0 Å². The number of para-hydroxylation sites is 1. The van der Waals surface area contributed by atoms with Crippen LogP contribution in [0.5, 0.6) is 5.75 Å². The van der Waals surface area contributed by atoms with Crippen molar-refractivity contribution in [2.45, 2.75) is 37.1 Å². The number of alkyl carbamates (subject to hydrolysis) is 1. The maximum atomic E-state index is 15.7. The molecule has 3 aromatic rings. The van der Waals surface area contributed by atoms with Crippen LogP contribution in [-0.2, 0) is 16.5 Å². The molecule has 0 unspecified atom stereocenters. The lowest BCUT2D eigenvalue weighted by atomic mass is 9.81. The highest BCUT2D eigenvalue weighted by Crippen LogP contribution is 2.39. The summed E-state index contributed by atoms with van der Waals surface area (Å²) in [5.41, 5.74) is -0.736. The van der Waals surface area contributed by atoms with Crippen molar-refractivity contribution in [3.8, 4) is 23.1 Å². The average molecular weight is 598 g/mol. The summed E-state index contributed by atoms with van der Waals surface area (Å²) >= 11 is 0.